The number of rotatable bonds is 5. The van der Waals surface area contributed by atoms with Crippen molar-refractivity contribution in [3.05, 3.63) is 34.9 Å². The number of aryl methyl sites for hydroxylation is 1. The summed E-state index contributed by atoms with van der Waals surface area (Å²) >= 11 is 0. The Kier molecular flexibility index (Phi) is 4.12. The quantitative estimate of drug-likeness (QED) is 0.898. The van der Waals surface area contributed by atoms with E-state index in [-0.39, 0.29) is 18.5 Å². The molecule has 2 rings (SSSR count). The SMILES string of the molecule is Cc1cccc(C(=O)N(C[C@@H](C)C(=O)O)C2CC2)c1C. The van der Waals surface area contributed by atoms with Crippen LogP contribution in [0.2, 0.25) is 0 Å². The van der Waals surface area contributed by atoms with Gasteiger partial charge in [0.2, 0.25) is 0 Å². The zero-order valence-electron chi connectivity index (χ0n) is 12.2. The predicted molar refractivity (Wildman–Crippen MR) is 76.8 cm³/mol. The number of amides is 1. The minimum absolute atomic E-state index is 0.0400. The smallest absolute Gasteiger partial charge is 0.308 e. The van der Waals surface area contributed by atoms with E-state index in [1.807, 2.05) is 32.0 Å². The van der Waals surface area contributed by atoms with Crippen molar-refractivity contribution >= 4 is 11.9 Å². The van der Waals surface area contributed by atoms with Crippen molar-refractivity contribution in [3.8, 4) is 0 Å². The van der Waals surface area contributed by atoms with Crippen LogP contribution in [0.25, 0.3) is 0 Å². The number of carboxylic acid groups (broad SMARTS) is 1. The predicted octanol–water partition coefficient (Wildman–Crippen LogP) is 2.63. The van der Waals surface area contributed by atoms with E-state index in [1.165, 1.54) is 0 Å². The van der Waals surface area contributed by atoms with Crippen LogP contribution in [-0.4, -0.2) is 34.5 Å². The summed E-state index contributed by atoms with van der Waals surface area (Å²) in [6, 6.07) is 5.89. The molecule has 20 heavy (non-hydrogen) atoms. The van der Waals surface area contributed by atoms with Gasteiger partial charge in [-0.15, -0.1) is 0 Å². The average Bonchev–Trinajstić information content (AvgIpc) is 3.22. The fourth-order valence-electron chi connectivity index (χ4n) is 2.29. The summed E-state index contributed by atoms with van der Waals surface area (Å²) in [4.78, 5) is 25.4. The molecule has 0 bridgehead atoms. The van der Waals surface area contributed by atoms with Gasteiger partial charge in [-0.2, -0.15) is 0 Å². The number of carbonyl (C=O) groups excluding carboxylic acids is 1. The van der Waals surface area contributed by atoms with Gasteiger partial charge in [0.25, 0.3) is 5.91 Å². The first-order valence-corrected chi connectivity index (χ1v) is 7.01. The lowest BCUT2D eigenvalue weighted by atomic mass is 10.0. The Balaban J connectivity index is 2.23. The third kappa shape index (κ3) is 3.00. The number of nitrogens with zero attached hydrogens (tertiary/aromatic N) is 1. The number of carbonyl (C=O) groups is 2. The minimum Gasteiger partial charge on any atom is -0.481 e. The molecule has 0 saturated heterocycles. The molecule has 4 heteroatoms. The molecule has 0 aromatic heterocycles. The second kappa shape index (κ2) is 5.65. The minimum atomic E-state index is -0.857. The zero-order chi connectivity index (χ0) is 14.9. The van der Waals surface area contributed by atoms with Crippen LogP contribution in [0.1, 0.15) is 41.3 Å². The van der Waals surface area contributed by atoms with Crippen LogP contribution in [0.4, 0.5) is 0 Å². The maximum atomic E-state index is 12.7. The van der Waals surface area contributed by atoms with E-state index < -0.39 is 11.9 Å². The number of hydrogen-bond acceptors (Lipinski definition) is 2. The van der Waals surface area contributed by atoms with Crippen LogP contribution in [0.15, 0.2) is 18.2 Å². The van der Waals surface area contributed by atoms with Gasteiger partial charge in [0.05, 0.1) is 5.92 Å². The summed E-state index contributed by atoms with van der Waals surface area (Å²) in [5, 5.41) is 9.05. The highest BCUT2D eigenvalue weighted by Gasteiger charge is 2.35. The molecule has 0 radical (unpaired) electrons. The van der Waals surface area contributed by atoms with E-state index in [2.05, 4.69) is 0 Å². The van der Waals surface area contributed by atoms with Gasteiger partial charge < -0.3 is 10.0 Å². The Morgan fingerprint density at radius 3 is 2.55 bits per heavy atom. The normalized spacial score (nSPS) is 15.8. The summed E-state index contributed by atoms with van der Waals surface area (Å²) in [7, 11) is 0. The fraction of sp³-hybridized carbons (Fsp3) is 0.500. The van der Waals surface area contributed by atoms with E-state index >= 15 is 0 Å². The lowest BCUT2D eigenvalue weighted by molar-refractivity contribution is -0.141. The molecule has 1 aliphatic rings. The van der Waals surface area contributed by atoms with Crippen LogP contribution in [-0.2, 0) is 4.79 Å². The highest BCUT2D eigenvalue weighted by Crippen LogP contribution is 2.30. The fourth-order valence-corrected chi connectivity index (χ4v) is 2.29. The highest BCUT2D eigenvalue weighted by atomic mass is 16.4. The van der Waals surface area contributed by atoms with E-state index in [0.717, 1.165) is 24.0 Å². The Morgan fingerprint density at radius 2 is 2.00 bits per heavy atom. The molecule has 108 valence electrons. The zero-order valence-corrected chi connectivity index (χ0v) is 12.2. The van der Waals surface area contributed by atoms with E-state index in [9.17, 15) is 9.59 Å². The first kappa shape index (κ1) is 14.6. The molecular formula is C16H21NO3. The highest BCUT2D eigenvalue weighted by molar-refractivity contribution is 5.96. The van der Waals surface area contributed by atoms with Gasteiger partial charge >= 0.3 is 5.97 Å². The van der Waals surface area contributed by atoms with E-state index in [1.54, 1.807) is 11.8 Å². The lowest BCUT2D eigenvalue weighted by Gasteiger charge is -2.25. The summed E-state index contributed by atoms with van der Waals surface area (Å²) < 4.78 is 0. The first-order valence-electron chi connectivity index (χ1n) is 7.01. The number of benzene rings is 1. The molecule has 1 aliphatic carbocycles. The average molecular weight is 275 g/mol. The Morgan fingerprint density at radius 1 is 1.35 bits per heavy atom. The Labute approximate surface area is 119 Å². The summed E-state index contributed by atoms with van der Waals surface area (Å²) in [5.41, 5.74) is 2.75. The maximum Gasteiger partial charge on any atom is 0.308 e. The van der Waals surface area contributed by atoms with Crippen molar-refractivity contribution in [2.24, 2.45) is 5.92 Å². The second-order valence-electron chi connectivity index (χ2n) is 5.68. The summed E-state index contributed by atoms with van der Waals surface area (Å²) in [6.45, 7) is 5.85. The molecule has 4 nitrogen and oxygen atoms in total. The van der Waals surface area contributed by atoms with E-state index in [4.69, 9.17) is 5.11 Å². The molecule has 1 N–H and O–H groups in total. The standard InChI is InChI=1S/C16H21NO3/c1-10-5-4-6-14(12(10)3)15(18)17(13-7-8-13)9-11(2)16(19)20/h4-6,11,13H,7-9H2,1-3H3,(H,19,20)/t11-/m1/s1. The van der Waals surface area contributed by atoms with Crippen molar-refractivity contribution in [2.45, 2.75) is 39.7 Å². The van der Waals surface area contributed by atoms with Gasteiger partial charge in [-0.3, -0.25) is 9.59 Å². The van der Waals surface area contributed by atoms with Crippen molar-refractivity contribution in [2.75, 3.05) is 6.54 Å². The molecule has 1 saturated carbocycles. The molecule has 1 atom stereocenters. The molecule has 1 fully saturated rings. The van der Waals surface area contributed by atoms with E-state index in [0.29, 0.717) is 5.56 Å². The van der Waals surface area contributed by atoms with Crippen molar-refractivity contribution in [1.29, 1.82) is 0 Å². The molecule has 0 aliphatic heterocycles. The molecule has 1 amide bonds. The molecule has 1 aromatic carbocycles. The van der Waals surface area contributed by atoms with Crippen LogP contribution >= 0.6 is 0 Å². The first-order chi connectivity index (χ1) is 9.41. The summed E-state index contributed by atoms with van der Waals surface area (Å²) in [6.07, 6.45) is 1.95. The number of aliphatic carboxylic acids is 1. The monoisotopic (exact) mass is 275 g/mol. The maximum absolute atomic E-state index is 12.7. The Hall–Kier alpha value is -1.84. The van der Waals surface area contributed by atoms with Gasteiger partial charge in [0, 0.05) is 18.2 Å². The molecule has 0 spiro atoms. The van der Waals surface area contributed by atoms with Crippen molar-refractivity contribution in [1.82, 2.24) is 4.90 Å². The molecule has 1 aromatic rings. The van der Waals surface area contributed by atoms with Crippen LogP contribution in [0.5, 0.6) is 0 Å². The van der Waals surface area contributed by atoms with Crippen LogP contribution in [0.3, 0.4) is 0 Å². The van der Waals surface area contributed by atoms with Crippen LogP contribution < -0.4 is 0 Å². The third-order valence-corrected chi connectivity index (χ3v) is 3.98. The van der Waals surface area contributed by atoms with Crippen LogP contribution in [0, 0.1) is 19.8 Å². The largest absolute Gasteiger partial charge is 0.481 e. The van der Waals surface area contributed by atoms with Gasteiger partial charge in [0.1, 0.15) is 0 Å². The molecule has 0 unspecified atom stereocenters. The molecule has 0 heterocycles. The van der Waals surface area contributed by atoms with Crippen molar-refractivity contribution in [3.63, 3.8) is 0 Å². The molecular weight excluding hydrogens is 254 g/mol. The van der Waals surface area contributed by atoms with Gasteiger partial charge in [0.15, 0.2) is 0 Å². The Bertz CT molecular complexity index is 535. The van der Waals surface area contributed by atoms with Gasteiger partial charge in [-0.1, -0.05) is 19.1 Å². The third-order valence-electron chi connectivity index (χ3n) is 3.98. The summed E-state index contributed by atoms with van der Waals surface area (Å²) in [5.74, 6) is -1.43. The van der Waals surface area contributed by atoms with Gasteiger partial charge in [-0.25, -0.2) is 0 Å². The topological polar surface area (TPSA) is 57.6 Å². The van der Waals surface area contributed by atoms with Crippen molar-refractivity contribution < 1.29 is 14.7 Å². The number of carboxylic acids is 1. The second-order valence-corrected chi connectivity index (χ2v) is 5.68. The van der Waals surface area contributed by atoms with Gasteiger partial charge in [-0.05, 0) is 43.9 Å². The lowest BCUT2D eigenvalue weighted by Crippen LogP contribution is -2.38. The number of hydrogen-bond donors (Lipinski definition) is 1.